The molecule has 2 aromatic heterocycles. The average molecular weight is 350 g/mol. The van der Waals surface area contributed by atoms with Gasteiger partial charge in [-0.05, 0) is 42.5 Å². The molecule has 3 heterocycles. The fourth-order valence-electron chi connectivity index (χ4n) is 3.69. The molecule has 6 nitrogen and oxygen atoms in total. The van der Waals surface area contributed by atoms with Gasteiger partial charge in [0.05, 0.1) is 18.2 Å². The number of carbonyl (C=O) groups excluding carboxylic acids is 2. The Bertz CT molecular complexity index is 822. The Kier molecular flexibility index (Phi) is 4.65. The number of fused-ring (bicyclic) bond motifs is 1. The molecular formula is C20H22N4O2. The molecule has 2 aliphatic rings. The molecule has 1 aliphatic carbocycles. The molecule has 0 aromatic carbocycles. The van der Waals surface area contributed by atoms with Crippen LogP contribution in [0.1, 0.15) is 35.4 Å². The lowest BCUT2D eigenvalue weighted by Gasteiger charge is -2.16. The quantitative estimate of drug-likeness (QED) is 0.889. The van der Waals surface area contributed by atoms with Crippen molar-refractivity contribution < 1.29 is 9.59 Å². The molecule has 1 atom stereocenters. The number of nitrogens with zero attached hydrogens (tertiary/aromatic N) is 3. The van der Waals surface area contributed by atoms with E-state index in [9.17, 15) is 9.59 Å². The fourth-order valence-corrected chi connectivity index (χ4v) is 3.69. The topological polar surface area (TPSA) is 75.2 Å². The molecule has 0 unspecified atom stereocenters. The Morgan fingerprint density at radius 3 is 3.04 bits per heavy atom. The number of hydrogen-bond acceptors (Lipinski definition) is 4. The number of amides is 2. The lowest BCUT2D eigenvalue weighted by molar-refractivity contribution is -0.129. The fraction of sp³-hybridized carbons (Fsp3) is 0.400. The smallest absolute Gasteiger partial charge is 0.225 e. The van der Waals surface area contributed by atoms with Crippen molar-refractivity contribution in [1.29, 1.82) is 0 Å². The van der Waals surface area contributed by atoms with Gasteiger partial charge in [0.25, 0.3) is 0 Å². The molecule has 0 radical (unpaired) electrons. The number of aryl methyl sites for hydroxylation is 2. The van der Waals surface area contributed by atoms with Crippen molar-refractivity contribution in [3.63, 3.8) is 0 Å². The van der Waals surface area contributed by atoms with Gasteiger partial charge in [-0.2, -0.15) is 0 Å². The Hall–Kier alpha value is -2.76. The highest BCUT2D eigenvalue weighted by Crippen LogP contribution is 2.22. The van der Waals surface area contributed by atoms with Gasteiger partial charge < -0.3 is 10.2 Å². The standard InChI is InChI=1S/C20H22N4O2/c25-19-9-16(12-24(19)13-17-5-1-2-7-21-17)20(26)23-11-14-8-15-4-3-6-18(15)22-10-14/h1-2,5,7-8,10,16H,3-4,6,9,11-13H2,(H,23,26)/t16-/m1/s1. The van der Waals surface area contributed by atoms with Crippen LogP contribution < -0.4 is 5.32 Å². The minimum atomic E-state index is -0.298. The van der Waals surface area contributed by atoms with E-state index in [0.717, 1.165) is 30.5 Å². The molecule has 2 amide bonds. The van der Waals surface area contributed by atoms with Gasteiger partial charge in [0.1, 0.15) is 0 Å². The van der Waals surface area contributed by atoms with Crippen molar-refractivity contribution in [3.8, 4) is 0 Å². The number of hydrogen-bond donors (Lipinski definition) is 1. The number of carbonyl (C=O) groups is 2. The van der Waals surface area contributed by atoms with E-state index in [1.54, 1.807) is 11.1 Å². The number of likely N-dealkylation sites (tertiary alicyclic amines) is 1. The zero-order valence-electron chi connectivity index (χ0n) is 14.6. The number of pyridine rings is 2. The van der Waals surface area contributed by atoms with Crippen LogP contribution in [0.5, 0.6) is 0 Å². The lowest BCUT2D eigenvalue weighted by Crippen LogP contribution is -2.32. The van der Waals surface area contributed by atoms with Crippen LogP contribution in [0.2, 0.25) is 0 Å². The van der Waals surface area contributed by atoms with Crippen LogP contribution in [0.3, 0.4) is 0 Å². The van der Waals surface area contributed by atoms with E-state index in [1.165, 1.54) is 11.3 Å². The summed E-state index contributed by atoms with van der Waals surface area (Å²) >= 11 is 0. The highest BCUT2D eigenvalue weighted by molar-refractivity contribution is 5.89. The Balaban J connectivity index is 1.32. The summed E-state index contributed by atoms with van der Waals surface area (Å²) in [5.41, 5.74) is 4.35. The Labute approximate surface area is 152 Å². The second kappa shape index (κ2) is 7.23. The van der Waals surface area contributed by atoms with Crippen LogP contribution in [0, 0.1) is 5.92 Å². The van der Waals surface area contributed by atoms with Gasteiger partial charge in [0.2, 0.25) is 11.8 Å². The summed E-state index contributed by atoms with van der Waals surface area (Å²) in [5.74, 6) is -0.356. The van der Waals surface area contributed by atoms with Crippen LogP contribution >= 0.6 is 0 Å². The molecule has 1 fully saturated rings. The van der Waals surface area contributed by atoms with E-state index < -0.39 is 0 Å². The summed E-state index contributed by atoms with van der Waals surface area (Å²) in [6.45, 7) is 1.37. The van der Waals surface area contributed by atoms with E-state index in [2.05, 4.69) is 21.4 Å². The number of nitrogens with one attached hydrogen (secondary N) is 1. The molecule has 0 spiro atoms. The van der Waals surface area contributed by atoms with Crippen molar-refractivity contribution in [2.75, 3.05) is 6.54 Å². The maximum Gasteiger partial charge on any atom is 0.225 e. The third-order valence-corrected chi connectivity index (χ3v) is 5.11. The zero-order valence-corrected chi connectivity index (χ0v) is 14.6. The van der Waals surface area contributed by atoms with Crippen LogP contribution in [-0.2, 0) is 35.5 Å². The first-order valence-electron chi connectivity index (χ1n) is 9.11. The van der Waals surface area contributed by atoms with Crippen LogP contribution in [0.25, 0.3) is 0 Å². The van der Waals surface area contributed by atoms with Crippen molar-refractivity contribution in [2.45, 2.75) is 38.8 Å². The van der Waals surface area contributed by atoms with Crippen LogP contribution in [-0.4, -0.2) is 33.2 Å². The summed E-state index contributed by atoms with van der Waals surface area (Å²) in [7, 11) is 0. The first kappa shape index (κ1) is 16.7. The molecule has 0 saturated carbocycles. The van der Waals surface area contributed by atoms with Gasteiger partial charge in [-0.1, -0.05) is 12.1 Å². The van der Waals surface area contributed by atoms with Gasteiger partial charge in [0.15, 0.2) is 0 Å². The van der Waals surface area contributed by atoms with Gasteiger partial charge in [-0.25, -0.2) is 0 Å². The van der Waals surface area contributed by atoms with E-state index in [-0.39, 0.29) is 24.2 Å². The van der Waals surface area contributed by atoms with Crippen molar-refractivity contribution in [2.24, 2.45) is 5.92 Å². The van der Waals surface area contributed by atoms with Crippen molar-refractivity contribution >= 4 is 11.8 Å². The minimum absolute atomic E-state index is 0.00926. The molecule has 0 bridgehead atoms. The predicted molar refractivity (Wildman–Crippen MR) is 95.9 cm³/mol. The summed E-state index contributed by atoms with van der Waals surface area (Å²) in [5, 5.41) is 2.96. The Morgan fingerprint density at radius 2 is 2.19 bits per heavy atom. The van der Waals surface area contributed by atoms with Crippen molar-refractivity contribution in [3.05, 3.63) is 59.2 Å². The second-order valence-electron chi connectivity index (χ2n) is 7.02. The maximum absolute atomic E-state index is 12.5. The highest BCUT2D eigenvalue weighted by atomic mass is 16.2. The van der Waals surface area contributed by atoms with E-state index in [4.69, 9.17) is 0 Å². The monoisotopic (exact) mass is 350 g/mol. The largest absolute Gasteiger partial charge is 0.352 e. The molecule has 1 saturated heterocycles. The Morgan fingerprint density at radius 1 is 1.27 bits per heavy atom. The summed E-state index contributed by atoms with van der Waals surface area (Å²) in [4.78, 5) is 35.1. The van der Waals surface area contributed by atoms with Crippen LogP contribution in [0.4, 0.5) is 0 Å². The van der Waals surface area contributed by atoms with Gasteiger partial charge in [0, 0.05) is 37.6 Å². The lowest BCUT2D eigenvalue weighted by atomic mass is 10.1. The number of rotatable bonds is 5. The summed E-state index contributed by atoms with van der Waals surface area (Å²) in [6.07, 6.45) is 7.11. The van der Waals surface area contributed by atoms with Gasteiger partial charge in [-0.15, -0.1) is 0 Å². The minimum Gasteiger partial charge on any atom is -0.352 e. The molecule has 134 valence electrons. The highest BCUT2D eigenvalue weighted by Gasteiger charge is 2.34. The van der Waals surface area contributed by atoms with E-state index in [1.807, 2.05) is 24.4 Å². The maximum atomic E-state index is 12.5. The normalized spacial score (nSPS) is 18.8. The molecule has 6 heteroatoms. The molecule has 1 aliphatic heterocycles. The molecule has 2 aromatic rings. The molecule has 26 heavy (non-hydrogen) atoms. The van der Waals surface area contributed by atoms with Gasteiger partial charge in [-0.3, -0.25) is 19.6 Å². The third kappa shape index (κ3) is 3.59. The molecular weight excluding hydrogens is 328 g/mol. The predicted octanol–water partition coefficient (Wildman–Crippen LogP) is 1.63. The first-order valence-corrected chi connectivity index (χ1v) is 9.11. The van der Waals surface area contributed by atoms with E-state index >= 15 is 0 Å². The summed E-state index contributed by atoms with van der Waals surface area (Å²) in [6, 6.07) is 7.78. The van der Waals surface area contributed by atoms with Crippen LogP contribution in [0.15, 0.2) is 36.7 Å². The molecule has 4 rings (SSSR count). The average Bonchev–Trinajstić information content (AvgIpc) is 3.27. The summed E-state index contributed by atoms with van der Waals surface area (Å²) < 4.78 is 0. The van der Waals surface area contributed by atoms with Gasteiger partial charge >= 0.3 is 0 Å². The molecule has 1 N–H and O–H groups in total. The van der Waals surface area contributed by atoms with Crippen molar-refractivity contribution in [1.82, 2.24) is 20.2 Å². The third-order valence-electron chi connectivity index (χ3n) is 5.11. The zero-order chi connectivity index (χ0) is 17.9. The SMILES string of the molecule is O=C(NCc1cnc2c(c1)CCC2)[C@@H]1CC(=O)N(Cc2ccccn2)C1. The second-order valence-corrected chi connectivity index (χ2v) is 7.02. The number of aromatic nitrogens is 2. The first-order chi connectivity index (χ1) is 12.7. The van der Waals surface area contributed by atoms with E-state index in [0.29, 0.717) is 19.6 Å².